The monoisotopic (exact) mass is 597 g/mol. The SMILES string of the molecule is CCOC(=O)COc1c(Br)cc(C=NNC(=O)C(C)NC(=O)c2ccccc2Br)cc1OCC. The molecule has 0 aliphatic carbocycles. The first-order valence-electron chi connectivity index (χ1n) is 10.4. The summed E-state index contributed by atoms with van der Waals surface area (Å²) in [6.45, 7) is 5.44. The van der Waals surface area contributed by atoms with Crippen LogP contribution in [0.2, 0.25) is 0 Å². The highest BCUT2D eigenvalue weighted by Gasteiger charge is 2.18. The summed E-state index contributed by atoms with van der Waals surface area (Å²) in [6.07, 6.45) is 1.42. The van der Waals surface area contributed by atoms with Crippen LogP contribution in [0.4, 0.5) is 0 Å². The van der Waals surface area contributed by atoms with Crippen LogP contribution < -0.4 is 20.2 Å². The van der Waals surface area contributed by atoms with Gasteiger partial charge in [-0.1, -0.05) is 12.1 Å². The van der Waals surface area contributed by atoms with Gasteiger partial charge in [0.15, 0.2) is 18.1 Å². The quantitative estimate of drug-likeness (QED) is 0.231. The lowest BCUT2D eigenvalue weighted by atomic mass is 10.2. The maximum absolute atomic E-state index is 12.4. The molecular formula is C23H25Br2N3O6. The third kappa shape index (κ3) is 8.14. The highest BCUT2D eigenvalue weighted by atomic mass is 79.9. The Hall–Kier alpha value is -2.92. The van der Waals surface area contributed by atoms with Crippen LogP contribution >= 0.6 is 31.9 Å². The second-order valence-corrected chi connectivity index (χ2v) is 8.47. The van der Waals surface area contributed by atoms with E-state index in [0.29, 0.717) is 38.2 Å². The Morgan fingerprint density at radius 1 is 1.06 bits per heavy atom. The van der Waals surface area contributed by atoms with Crippen molar-refractivity contribution in [3.05, 3.63) is 56.5 Å². The number of rotatable bonds is 11. The summed E-state index contributed by atoms with van der Waals surface area (Å²) in [6, 6.07) is 9.44. The third-order valence-corrected chi connectivity index (χ3v) is 5.50. The molecule has 2 aromatic rings. The smallest absolute Gasteiger partial charge is 0.344 e. The lowest BCUT2D eigenvalue weighted by molar-refractivity contribution is -0.145. The van der Waals surface area contributed by atoms with Gasteiger partial charge in [0.2, 0.25) is 0 Å². The second-order valence-electron chi connectivity index (χ2n) is 6.77. The number of hydrogen-bond donors (Lipinski definition) is 2. The standard InChI is InChI=1S/C23H25Br2N3O6/c1-4-32-19-11-15(10-18(25)21(19)34-13-20(29)33-5-2)12-26-28-22(30)14(3)27-23(31)16-8-6-7-9-17(16)24/h6-12,14H,4-5,13H2,1-3H3,(H,27,31)(H,28,30). The molecular weight excluding hydrogens is 574 g/mol. The molecule has 0 bridgehead atoms. The molecule has 0 heterocycles. The zero-order valence-electron chi connectivity index (χ0n) is 18.9. The van der Waals surface area contributed by atoms with E-state index >= 15 is 0 Å². The van der Waals surface area contributed by atoms with E-state index in [9.17, 15) is 14.4 Å². The minimum absolute atomic E-state index is 0.259. The van der Waals surface area contributed by atoms with Crippen molar-refractivity contribution < 1.29 is 28.6 Å². The van der Waals surface area contributed by atoms with Crippen molar-refractivity contribution in [2.75, 3.05) is 19.8 Å². The summed E-state index contributed by atoms with van der Waals surface area (Å²) < 4.78 is 17.2. The zero-order chi connectivity index (χ0) is 25.1. The first kappa shape index (κ1) is 27.3. The van der Waals surface area contributed by atoms with Crippen LogP contribution in [-0.2, 0) is 14.3 Å². The molecule has 0 aliphatic rings. The summed E-state index contributed by atoms with van der Waals surface area (Å²) in [5.74, 6) is -0.633. The number of carbonyl (C=O) groups is 3. The number of hydrogen-bond acceptors (Lipinski definition) is 7. The maximum atomic E-state index is 12.4. The number of amides is 2. The fourth-order valence-corrected chi connectivity index (χ4v) is 3.69. The number of hydrazone groups is 1. The predicted molar refractivity (Wildman–Crippen MR) is 134 cm³/mol. The highest BCUT2D eigenvalue weighted by molar-refractivity contribution is 9.10. The topological polar surface area (TPSA) is 115 Å². The van der Waals surface area contributed by atoms with E-state index in [1.54, 1.807) is 50.2 Å². The van der Waals surface area contributed by atoms with E-state index < -0.39 is 17.9 Å². The lowest BCUT2D eigenvalue weighted by Gasteiger charge is -2.14. The molecule has 34 heavy (non-hydrogen) atoms. The molecule has 0 fully saturated rings. The van der Waals surface area contributed by atoms with Crippen LogP contribution in [0.1, 0.15) is 36.7 Å². The van der Waals surface area contributed by atoms with Gasteiger partial charge in [-0.25, -0.2) is 10.2 Å². The van der Waals surface area contributed by atoms with Gasteiger partial charge in [0.05, 0.1) is 29.5 Å². The molecule has 0 spiro atoms. The average molecular weight is 599 g/mol. The Kier molecular flexibility index (Phi) is 11.0. The van der Waals surface area contributed by atoms with Gasteiger partial charge in [-0.3, -0.25) is 9.59 Å². The summed E-state index contributed by atoms with van der Waals surface area (Å²) in [5.41, 5.74) is 3.42. The van der Waals surface area contributed by atoms with E-state index in [2.05, 4.69) is 47.7 Å². The Bertz CT molecular complexity index is 1060. The molecule has 0 aliphatic heterocycles. The van der Waals surface area contributed by atoms with E-state index in [1.165, 1.54) is 6.21 Å². The van der Waals surface area contributed by atoms with Gasteiger partial charge in [-0.05, 0) is 82.5 Å². The van der Waals surface area contributed by atoms with Crippen molar-refractivity contribution in [2.24, 2.45) is 5.10 Å². The van der Waals surface area contributed by atoms with Crippen molar-refractivity contribution in [3.63, 3.8) is 0 Å². The molecule has 2 rings (SSSR count). The van der Waals surface area contributed by atoms with Crippen LogP contribution in [-0.4, -0.2) is 49.9 Å². The normalized spacial score (nSPS) is 11.6. The summed E-state index contributed by atoms with van der Waals surface area (Å²) in [4.78, 5) is 36.3. The number of halogens is 2. The molecule has 0 aromatic heterocycles. The minimum atomic E-state index is -0.818. The Balaban J connectivity index is 2.02. The van der Waals surface area contributed by atoms with Gasteiger partial charge in [-0.2, -0.15) is 5.10 Å². The molecule has 1 unspecified atom stereocenters. The van der Waals surface area contributed by atoms with Crippen molar-refractivity contribution in [1.82, 2.24) is 10.7 Å². The van der Waals surface area contributed by atoms with Crippen molar-refractivity contribution in [2.45, 2.75) is 26.8 Å². The zero-order valence-corrected chi connectivity index (χ0v) is 22.1. The molecule has 2 amide bonds. The fraction of sp³-hybridized carbons (Fsp3) is 0.304. The molecule has 0 saturated carbocycles. The molecule has 2 N–H and O–H groups in total. The van der Waals surface area contributed by atoms with Gasteiger partial charge in [0.1, 0.15) is 6.04 Å². The van der Waals surface area contributed by atoms with Crippen LogP contribution in [0.5, 0.6) is 11.5 Å². The molecule has 182 valence electrons. The van der Waals surface area contributed by atoms with Crippen LogP contribution in [0.25, 0.3) is 0 Å². The maximum Gasteiger partial charge on any atom is 0.344 e. The number of benzene rings is 2. The van der Waals surface area contributed by atoms with Crippen molar-refractivity contribution >= 4 is 55.9 Å². The first-order chi connectivity index (χ1) is 16.3. The van der Waals surface area contributed by atoms with E-state index in [1.807, 2.05) is 6.92 Å². The summed E-state index contributed by atoms with van der Waals surface area (Å²) in [7, 11) is 0. The van der Waals surface area contributed by atoms with Gasteiger partial charge < -0.3 is 19.5 Å². The van der Waals surface area contributed by atoms with Gasteiger partial charge >= 0.3 is 5.97 Å². The Morgan fingerprint density at radius 3 is 2.47 bits per heavy atom. The Morgan fingerprint density at radius 2 is 1.79 bits per heavy atom. The third-order valence-electron chi connectivity index (χ3n) is 4.22. The fourth-order valence-electron chi connectivity index (χ4n) is 2.65. The number of esters is 1. The van der Waals surface area contributed by atoms with Gasteiger partial charge in [0.25, 0.3) is 11.8 Å². The minimum Gasteiger partial charge on any atom is -0.490 e. The van der Waals surface area contributed by atoms with E-state index in [-0.39, 0.29) is 19.1 Å². The highest BCUT2D eigenvalue weighted by Crippen LogP contribution is 2.36. The van der Waals surface area contributed by atoms with Crippen LogP contribution in [0.3, 0.4) is 0 Å². The number of ether oxygens (including phenoxy) is 3. The molecule has 0 saturated heterocycles. The summed E-state index contributed by atoms with van der Waals surface area (Å²) >= 11 is 6.71. The van der Waals surface area contributed by atoms with Crippen LogP contribution in [0, 0.1) is 0 Å². The largest absolute Gasteiger partial charge is 0.490 e. The molecule has 2 aromatic carbocycles. The number of nitrogens with one attached hydrogen (secondary N) is 2. The Labute approximate surface area is 214 Å². The number of carbonyl (C=O) groups excluding carboxylic acids is 3. The molecule has 1 atom stereocenters. The van der Waals surface area contributed by atoms with E-state index in [4.69, 9.17) is 14.2 Å². The van der Waals surface area contributed by atoms with Gasteiger partial charge in [0, 0.05) is 4.47 Å². The molecule has 11 heteroatoms. The summed E-state index contributed by atoms with van der Waals surface area (Å²) in [5, 5.41) is 6.58. The second kappa shape index (κ2) is 13.7. The predicted octanol–water partition coefficient (Wildman–Crippen LogP) is 3.82. The first-order valence-corrected chi connectivity index (χ1v) is 12.0. The van der Waals surface area contributed by atoms with Crippen molar-refractivity contribution in [1.29, 1.82) is 0 Å². The molecule has 9 nitrogen and oxygen atoms in total. The van der Waals surface area contributed by atoms with Gasteiger partial charge in [-0.15, -0.1) is 0 Å². The number of nitrogens with zero attached hydrogens (tertiary/aromatic N) is 1. The lowest BCUT2D eigenvalue weighted by Crippen LogP contribution is -2.43. The van der Waals surface area contributed by atoms with Crippen LogP contribution in [0.15, 0.2) is 50.4 Å². The molecule has 0 radical (unpaired) electrons. The average Bonchev–Trinajstić information content (AvgIpc) is 2.79. The van der Waals surface area contributed by atoms with Crippen molar-refractivity contribution in [3.8, 4) is 11.5 Å². The van der Waals surface area contributed by atoms with E-state index in [0.717, 1.165) is 0 Å².